The van der Waals surface area contributed by atoms with Crippen molar-refractivity contribution in [1.82, 2.24) is 14.5 Å². The van der Waals surface area contributed by atoms with E-state index < -0.39 is 0 Å². The Bertz CT molecular complexity index is 1030. The molecule has 3 rings (SSSR count). The zero-order valence-electron chi connectivity index (χ0n) is 14.7. The molecule has 3 aromatic rings. The molecule has 0 atom stereocenters. The second-order valence-electron chi connectivity index (χ2n) is 5.88. The molecule has 0 radical (unpaired) electrons. The fourth-order valence-corrected chi connectivity index (χ4v) is 3.65. The van der Waals surface area contributed by atoms with Crippen LogP contribution in [0.25, 0.3) is 10.9 Å². The van der Waals surface area contributed by atoms with Gasteiger partial charge in [-0.1, -0.05) is 29.4 Å². The highest BCUT2D eigenvalue weighted by molar-refractivity contribution is 7.99. The number of furan rings is 1. The number of carbonyl (C=O) groups excluding carboxylic acids is 1. The number of amides is 1. The van der Waals surface area contributed by atoms with Gasteiger partial charge in [0.05, 0.1) is 29.5 Å². The lowest BCUT2D eigenvalue weighted by molar-refractivity contribution is -0.127. The average Bonchev–Trinajstić information content (AvgIpc) is 3.15. The summed E-state index contributed by atoms with van der Waals surface area (Å²) in [6.07, 6.45) is 3.19. The van der Waals surface area contributed by atoms with Gasteiger partial charge in [0, 0.05) is 18.6 Å². The molecule has 2 heterocycles. The number of halogens is 1. The summed E-state index contributed by atoms with van der Waals surface area (Å²) in [5.74, 6) is 0.757. The van der Waals surface area contributed by atoms with Crippen LogP contribution < -0.4 is 5.56 Å². The molecule has 0 aliphatic carbocycles. The average molecular weight is 404 g/mol. The number of nitrogens with zero attached hydrogens (tertiary/aromatic N) is 3. The number of allylic oxidation sites excluding steroid dienone is 1. The van der Waals surface area contributed by atoms with E-state index in [1.54, 1.807) is 48.6 Å². The van der Waals surface area contributed by atoms with Crippen molar-refractivity contribution < 1.29 is 9.21 Å². The van der Waals surface area contributed by atoms with Crippen LogP contribution >= 0.6 is 23.4 Å². The molecule has 1 aromatic carbocycles. The van der Waals surface area contributed by atoms with Crippen LogP contribution in [0.2, 0.25) is 5.02 Å². The molecule has 0 bridgehead atoms. The van der Waals surface area contributed by atoms with Crippen molar-refractivity contribution in [3.05, 3.63) is 70.4 Å². The number of carbonyl (C=O) groups is 1. The zero-order chi connectivity index (χ0) is 19.4. The molecule has 8 heteroatoms. The Morgan fingerprint density at radius 2 is 2.26 bits per heavy atom. The van der Waals surface area contributed by atoms with Crippen molar-refractivity contribution in [3.8, 4) is 0 Å². The minimum absolute atomic E-state index is 0.0954. The van der Waals surface area contributed by atoms with Gasteiger partial charge in [-0.15, -0.1) is 6.58 Å². The van der Waals surface area contributed by atoms with E-state index in [4.69, 9.17) is 16.0 Å². The third-order valence-corrected chi connectivity index (χ3v) is 5.11. The topological polar surface area (TPSA) is 68.3 Å². The van der Waals surface area contributed by atoms with Crippen LogP contribution in [0.1, 0.15) is 5.76 Å². The Morgan fingerprint density at radius 1 is 1.44 bits per heavy atom. The Kier molecular flexibility index (Phi) is 6.03. The van der Waals surface area contributed by atoms with E-state index in [2.05, 4.69) is 11.6 Å². The molecule has 6 nitrogen and oxygen atoms in total. The van der Waals surface area contributed by atoms with E-state index in [1.807, 2.05) is 6.07 Å². The SMILES string of the molecule is C=CCn1c(SCC(=O)N(C)Cc2ccco2)nc2cc(Cl)ccc2c1=O. The summed E-state index contributed by atoms with van der Waals surface area (Å²) in [5.41, 5.74) is 0.321. The van der Waals surface area contributed by atoms with Crippen LogP contribution in [0.5, 0.6) is 0 Å². The van der Waals surface area contributed by atoms with Crippen LogP contribution in [0.3, 0.4) is 0 Å². The molecule has 27 heavy (non-hydrogen) atoms. The highest BCUT2D eigenvalue weighted by Gasteiger charge is 2.15. The predicted octanol–water partition coefficient (Wildman–Crippen LogP) is 3.58. The minimum atomic E-state index is -0.185. The first kappa shape index (κ1) is 19.3. The molecule has 0 aliphatic rings. The Balaban J connectivity index is 1.82. The van der Waals surface area contributed by atoms with Crippen LogP contribution in [0, 0.1) is 0 Å². The van der Waals surface area contributed by atoms with E-state index in [-0.39, 0.29) is 17.2 Å². The molecule has 0 saturated heterocycles. The summed E-state index contributed by atoms with van der Waals surface area (Å²) < 4.78 is 6.77. The summed E-state index contributed by atoms with van der Waals surface area (Å²) in [7, 11) is 1.70. The second-order valence-corrected chi connectivity index (χ2v) is 7.26. The number of hydrogen-bond donors (Lipinski definition) is 0. The summed E-state index contributed by atoms with van der Waals surface area (Å²) in [5, 5.41) is 1.43. The van der Waals surface area contributed by atoms with Gasteiger partial charge in [0.2, 0.25) is 5.91 Å². The third kappa shape index (κ3) is 4.43. The number of benzene rings is 1. The third-order valence-electron chi connectivity index (χ3n) is 3.92. The standard InChI is InChI=1S/C19H18ClN3O3S/c1-3-8-23-18(25)15-7-6-13(20)10-16(15)21-19(23)27-12-17(24)22(2)11-14-5-4-9-26-14/h3-7,9-10H,1,8,11-12H2,2H3. The van der Waals surface area contributed by atoms with E-state index in [1.165, 1.54) is 16.3 Å². The smallest absolute Gasteiger partial charge is 0.262 e. The van der Waals surface area contributed by atoms with Gasteiger partial charge in [0.1, 0.15) is 5.76 Å². The summed E-state index contributed by atoms with van der Waals surface area (Å²) in [4.78, 5) is 31.3. The van der Waals surface area contributed by atoms with Crippen molar-refractivity contribution in [2.24, 2.45) is 0 Å². The van der Waals surface area contributed by atoms with E-state index in [0.29, 0.717) is 39.9 Å². The van der Waals surface area contributed by atoms with Gasteiger partial charge in [-0.2, -0.15) is 0 Å². The van der Waals surface area contributed by atoms with E-state index in [0.717, 1.165) is 0 Å². The molecule has 0 unspecified atom stereocenters. The molecule has 0 N–H and O–H groups in total. The zero-order valence-corrected chi connectivity index (χ0v) is 16.3. The monoisotopic (exact) mass is 403 g/mol. The van der Waals surface area contributed by atoms with Gasteiger partial charge in [-0.05, 0) is 30.3 Å². The molecule has 0 spiro atoms. The fraction of sp³-hybridized carbons (Fsp3) is 0.211. The van der Waals surface area contributed by atoms with Crippen molar-refractivity contribution in [3.63, 3.8) is 0 Å². The molecular formula is C19H18ClN3O3S. The van der Waals surface area contributed by atoms with Gasteiger partial charge in [-0.25, -0.2) is 4.98 Å². The van der Waals surface area contributed by atoms with E-state index >= 15 is 0 Å². The van der Waals surface area contributed by atoms with Gasteiger partial charge in [0.15, 0.2) is 5.16 Å². The van der Waals surface area contributed by atoms with Gasteiger partial charge in [-0.3, -0.25) is 14.2 Å². The lowest BCUT2D eigenvalue weighted by Crippen LogP contribution is -2.28. The van der Waals surface area contributed by atoms with Gasteiger partial charge >= 0.3 is 0 Å². The minimum Gasteiger partial charge on any atom is -0.467 e. The van der Waals surface area contributed by atoms with Crippen molar-refractivity contribution in [1.29, 1.82) is 0 Å². The lowest BCUT2D eigenvalue weighted by atomic mass is 10.2. The largest absolute Gasteiger partial charge is 0.467 e. The summed E-state index contributed by atoms with van der Waals surface area (Å²) in [6, 6.07) is 8.55. The molecular weight excluding hydrogens is 386 g/mol. The number of rotatable bonds is 7. The predicted molar refractivity (Wildman–Crippen MR) is 107 cm³/mol. The van der Waals surface area contributed by atoms with Gasteiger partial charge in [0.25, 0.3) is 5.56 Å². The van der Waals surface area contributed by atoms with Gasteiger partial charge < -0.3 is 9.32 Å². The Labute approximate surface area is 165 Å². The molecule has 1 amide bonds. The van der Waals surface area contributed by atoms with Crippen molar-refractivity contribution >= 4 is 40.2 Å². The fourth-order valence-electron chi connectivity index (χ4n) is 2.54. The summed E-state index contributed by atoms with van der Waals surface area (Å²) in [6.45, 7) is 4.38. The Morgan fingerprint density at radius 3 is 2.96 bits per heavy atom. The van der Waals surface area contributed by atoms with Crippen LogP contribution in [-0.4, -0.2) is 33.2 Å². The molecule has 0 saturated carbocycles. The highest BCUT2D eigenvalue weighted by Crippen LogP contribution is 2.21. The number of hydrogen-bond acceptors (Lipinski definition) is 5. The Hall–Kier alpha value is -2.51. The summed E-state index contributed by atoms with van der Waals surface area (Å²) >= 11 is 7.23. The maximum absolute atomic E-state index is 12.8. The lowest BCUT2D eigenvalue weighted by Gasteiger charge is -2.16. The molecule has 0 fully saturated rings. The van der Waals surface area contributed by atoms with Crippen LogP contribution in [-0.2, 0) is 17.9 Å². The quantitative estimate of drug-likeness (QED) is 0.342. The first-order valence-corrected chi connectivity index (χ1v) is 9.56. The molecule has 0 aliphatic heterocycles. The molecule has 2 aromatic heterocycles. The van der Waals surface area contributed by atoms with Crippen LogP contribution in [0.4, 0.5) is 0 Å². The first-order chi connectivity index (χ1) is 13.0. The highest BCUT2D eigenvalue weighted by atomic mass is 35.5. The van der Waals surface area contributed by atoms with Crippen molar-refractivity contribution in [2.75, 3.05) is 12.8 Å². The van der Waals surface area contributed by atoms with Crippen LogP contribution in [0.15, 0.2) is 63.6 Å². The molecule has 140 valence electrons. The maximum atomic E-state index is 12.8. The number of fused-ring (bicyclic) bond motifs is 1. The van der Waals surface area contributed by atoms with Crippen molar-refractivity contribution in [2.45, 2.75) is 18.2 Å². The maximum Gasteiger partial charge on any atom is 0.262 e. The first-order valence-electron chi connectivity index (χ1n) is 8.19. The van der Waals surface area contributed by atoms with E-state index in [9.17, 15) is 9.59 Å². The second kappa shape index (κ2) is 8.45. The number of aromatic nitrogens is 2. The normalized spacial score (nSPS) is 10.9. The number of thioether (sulfide) groups is 1.